The van der Waals surface area contributed by atoms with Gasteiger partial charge in [-0.1, -0.05) is 19.1 Å². The van der Waals surface area contributed by atoms with E-state index in [9.17, 15) is 15.3 Å². The van der Waals surface area contributed by atoms with E-state index in [0.717, 1.165) is 6.42 Å². The number of hydrogen-bond acceptors (Lipinski definition) is 6. The monoisotopic (exact) mass is 262 g/mol. The van der Waals surface area contributed by atoms with Crippen molar-refractivity contribution < 1.29 is 29.9 Å². The summed E-state index contributed by atoms with van der Waals surface area (Å²) in [6.07, 6.45) is -0.436. The first kappa shape index (κ1) is 15.6. The number of ether oxygens (including phenoxy) is 2. The van der Waals surface area contributed by atoms with Gasteiger partial charge in [-0.15, -0.1) is 0 Å². The maximum atomic E-state index is 9.66. The van der Waals surface area contributed by atoms with Crippen LogP contribution in [0.4, 0.5) is 0 Å². The Hall–Kier alpha value is -0.500. The summed E-state index contributed by atoms with van der Waals surface area (Å²) in [7, 11) is 0. The Balaban J connectivity index is 2.41. The van der Waals surface area contributed by atoms with Gasteiger partial charge in [-0.05, 0) is 12.8 Å². The molecule has 0 spiro atoms. The van der Waals surface area contributed by atoms with Crippen LogP contribution in [-0.4, -0.2) is 64.3 Å². The topological polar surface area (TPSA) is 99.4 Å². The van der Waals surface area contributed by atoms with Gasteiger partial charge >= 0.3 is 0 Å². The highest BCUT2D eigenvalue weighted by molar-refractivity contribution is 4.89. The zero-order chi connectivity index (χ0) is 13.5. The molecule has 0 aromatic rings. The minimum atomic E-state index is -1.38. The van der Waals surface area contributed by atoms with E-state index in [4.69, 9.17) is 14.6 Å². The van der Waals surface area contributed by atoms with E-state index >= 15 is 0 Å². The maximum Gasteiger partial charge on any atom is 0.186 e. The fourth-order valence-electron chi connectivity index (χ4n) is 1.74. The smallest absolute Gasteiger partial charge is 0.186 e. The molecule has 0 saturated carbocycles. The molecule has 0 radical (unpaired) electrons. The quantitative estimate of drug-likeness (QED) is 0.368. The number of allylic oxidation sites excluding steroid dienone is 1. The first-order chi connectivity index (χ1) is 8.61. The van der Waals surface area contributed by atoms with Crippen molar-refractivity contribution in [1.29, 1.82) is 0 Å². The van der Waals surface area contributed by atoms with Gasteiger partial charge in [0.05, 0.1) is 13.2 Å². The molecule has 5 atom stereocenters. The predicted octanol–water partition coefficient (Wildman–Crippen LogP) is -0.841. The molecule has 0 unspecified atom stereocenters. The molecule has 1 aliphatic rings. The molecule has 0 amide bonds. The lowest BCUT2D eigenvalue weighted by atomic mass is 9.99. The van der Waals surface area contributed by atoms with Crippen LogP contribution in [0, 0.1) is 0 Å². The van der Waals surface area contributed by atoms with E-state index in [-0.39, 0.29) is 0 Å². The molecule has 0 aromatic heterocycles. The molecule has 1 saturated heterocycles. The zero-order valence-electron chi connectivity index (χ0n) is 10.5. The van der Waals surface area contributed by atoms with Gasteiger partial charge < -0.3 is 29.9 Å². The highest BCUT2D eigenvalue weighted by atomic mass is 16.7. The first-order valence-electron chi connectivity index (χ1n) is 6.19. The van der Waals surface area contributed by atoms with Crippen molar-refractivity contribution in [3.8, 4) is 0 Å². The zero-order valence-corrected chi connectivity index (χ0v) is 10.5. The average Bonchev–Trinajstić information content (AvgIpc) is 2.38. The Kier molecular flexibility index (Phi) is 6.77. The third-order valence-electron chi connectivity index (χ3n) is 2.82. The highest BCUT2D eigenvalue weighted by Gasteiger charge is 2.43. The second-order valence-electron chi connectivity index (χ2n) is 4.24. The Bertz CT molecular complexity index is 255. The summed E-state index contributed by atoms with van der Waals surface area (Å²) < 4.78 is 10.5. The summed E-state index contributed by atoms with van der Waals surface area (Å²) >= 11 is 0. The van der Waals surface area contributed by atoms with Crippen molar-refractivity contribution in [3.05, 3.63) is 12.2 Å². The molecule has 1 heterocycles. The fraction of sp³-hybridized carbons (Fsp3) is 0.833. The standard InChI is InChI=1S/C12H22O6/c1-2-3-4-5-6-17-12-11(16)10(15)9(14)8(7-13)18-12/h3-4,8-16H,2,5-7H2,1H3/b4-3+/t8-,9-,10-,11-,12-/m1/s1. The molecule has 0 aliphatic carbocycles. The van der Waals surface area contributed by atoms with Crippen LogP contribution in [0.25, 0.3) is 0 Å². The minimum Gasteiger partial charge on any atom is -0.394 e. The second-order valence-corrected chi connectivity index (χ2v) is 4.24. The van der Waals surface area contributed by atoms with Gasteiger partial charge in [-0.2, -0.15) is 0 Å². The van der Waals surface area contributed by atoms with E-state index in [0.29, 0.717) is 13.0 Å². The van der Waals surface area contributed by atoms with Crippen molar-refractivity contribution in [2.24, 2.45) is 0 Å². The normalized spacial score (nSPS) is 37.3. The minimum absolute atomic E-state index is 0.333. The molecule has 1 aliphatic heterocycles. The summed E-state index contributed by atoms with van der Waals surface area (Å²) in [5.74, 6) is 0. The number of hydrogen-bond donors (Lipinski definition) is 4. The summed E-state index contributed by atoms with van der Waals surface area (Å²) in [5, 5.41) is 37.7. The Morgan fingerprint density at radius 1 is 1.11 bits per heavy atom. The van der Waals surface area contributed by atoms with Crippen LogP contribution in [0.2, 0.25) is 0 Å². The van der Waals surface area contributed by atoms with Gasteiger partial charge in [0.2, 0.25) is 0 Å². The van der Waals surface area contributed by atoms with E-state index in [1.165, 1.54) is 0 Å². The lowest BCUT2D eigenvalue weighted by Gasteiger charge is -2.39. The summed E-state index contributed by atoms with van der Waals surface area (Å²) in [6, 6.07) is 0. The predicted molar refractivity (Wildman–Crippen MR) is 63.8 cm³/mol. The number of aliphatic hydroxyl groups excluding tert-OH is 4. The summed E-state index contributed by atoms with van der Waals surface area (Å²) in [5.41, 5.74) is 0. The van der Waals surface area contributed by atoms with Crippen molar-refractivity contribution in [3.63, 3.8) is 0 Å². The second kappa shape index (κ2) is 7.83. The number of rotatable bonds is 6. The number of aliphatic hydroxyl groups is 4. The van der Waals surface area contributed by atoms with Crippen LogP contribution in [0.1, 0.15) is 19.8 Å². The maximum absolute atomic E-state index is 9.66. The van der Waals surface area contributed by atoms with E-state index in [1.54, 1.807) is 0 Å². The summed E-state index contributed by atoms with van der Waals surface area (Å²) in [4.78, 5) is 0. The molecule has 6 heteroatoms. The van der Waals surface area contributed by atoms with Gasteiger partial charge in [0.1, 0.15) is 24.4 Å². The van der Waals surface area contributed by atoms with Crippen molar-refractivity contribution >= 4 is 0 Å². The molecule has 4 N–H and O–H groups in total. The van der Waals surface area contributed by atoms with Crippen LogP contribution in [-0.2, 0) is 9.47 Å². The van der Waals surface area contributed by atoms with Crippen LogP contribution in [0.3, 0.4) is 0 Å². The largest absolute Gasteiger partial charge is 0.394 e. The van der Waals surface area contributed by atoms with Gasteiger partial charge in [0.25, 0.3) is 0 Å². The fourth-order valence-corrected chi connectivity index (χ4v) is 1.74. The molecule has 106 valence electrons. The van der Waals surface area contributed by atoms with Crippen LogP contribution < -0.4 is 0 Å². The molecule has 1 rings (SSSR count). The third-order valence-corrected chi connectivity index (χ3v) is 2.82. The highest BCUT2D eigenvalue weighted by Crippen LogP contribution is 2.21. The van der Waals surface area contributed by atoms with E-state index in [2.05, 4.69) is 0 Å². The molecule has 1 fully saturated rings. The lowest BCUT2D eigenvalue weighted by molar-refractivity contribution is -0.300. The lowest BCUT2D eigenvalue weighted by Crippen LogP contribution is -2.59. The third kappa shape index (κ3) is 4.01. The molecule has 0 aromatic carbocycles. The molecule has 18 heavy (non-hydrogen) atoms. The Morgan fingerprint density at radius 3 is 2.44 bits per heavy atom. The first-order valence-corrected chi connectivity index (χ1v) is 6.19. The average molecular weight is 262 g/mol. The Morgan fingerprint density at radius 2 is 1.83 bits per heavy atom. The van der Waals surface area contributed by atoms with Crippen LogP contribution >= 0.6 is 0 Å². The molecule has 0 bridgehead atoms. The van der Waals surface area contributed by atoms with Gasteiger partial charge in [-0.3, -0.25) is 0 Å². The SMILES string of the molecule is CC/C=C/CCO[C@@H]1O[C@H](CO)[C@@H](O)[C@@H](O)[C@H]1O. The molecule has 6 nitrogen and oxygen atoms in total. The Labute approximate surface area is 106 Å². The molecular formula is C12H22O6. The van der Waals surface area contributed by atoms with Crippen molar-refractivity contribution in [1.82, 2.24) is 0 Å². The van der Waals surface area contributed by atoms with Crippen molar-refractivity contribution in [2.45, 2.75) is 50.5 Å². The van der Waals surface area contributed by atoms with E-state index < -0.39 is 37.3 Å². The van der Waals surface area contributed by atoms with Crippen LogP contribution in [0.15, 0.2) is 12.2 Å². The van der Waals surface area contributed by atoms with Gasteiger partial charge in [0, 0.05) is 0 Å². The van der Waals surface area contributed by atoms with Crippen molar-refractivity contribution in [2.75, 3.05) is 13.2 Å². The van der Waals surface area contributed by atoms with Gasteiger partial charge in [-0.25, -0.2) is 0 Å². The van der Waals surface area contributed by atoms with Crippen LogP contribution in [0.5, 0.6) is 0 Å². The van der Waals surface area contributed by atoms with E-state index in [1.807, 2.05) is 19.1 Å². The van der Waals surface area contributed by atoms with Gasteiger partial charge in [0.15, 0.2) is 6.29 Å². The summed E-state index contributed by atoms with van der Waals surface area (Å²) in [6.45, 7) is 1.91. The molecular weight excluding hydrogens is 240 g/mol.